The minimum Gasteiger partial charge on any atom is -0.478 e. The lowest BCUT2D eigenvalue weighted by atomic mass is 10.1. The van der Waals surface area contributed by atoms with Crippen LogP contribution in [0.3, 0.4) is 0 Å². The van der Waals surface area contributed by atoms with Crippen molar-refractivity contribution in [1.82, 2.24) is 5.32 Å². The second-order valence-electron chi connectivity index (χ2n) is 6.48. The second kappa shape index (κ2) is 7.95. The molecule has 1 fully saturated rings. The zero-order valence-electron chi connectivity index (χ0n) is 14.1. The lowest BCUT2D eigenvalue weighted by molar-refractivity contribution is -0.125. The Bertz CT molecular complexity index is 636. The van der Waals surface area contributed by atoms with Gasteiger partial charge in [0.1, 0.15) is 0 Å². The minimum atomic E-state index is -1.03. The molecule has 1 aromatic carbocycles. The van der Waals surface area contributed by atoms with E-state index in [1.54, 1.807) is 26.0 Å². The molecule has 24 heavy (non-hydrogen) atoms. The summed E-state index contributed by atoms with van der Waals surface area (Å²) in [5.41, 5.74) is 1.24. The van der Waals surface area contributed by atoms with Crippen molar-refractivity contribution in [1.29, 1.82) is 0 Å². The van der Waals surface area contributed by atoms with Crippen molar-refractivity contribution >= 4 is 23.5 Å². The topological polar surface area (TPSA) is 95.5 Å². The highest BCUT2D eigenvalue weighted by Crippen LogP contribution is 2.24. The predicted molar refractivity (Wildman–Crippen MR) is 90.9 cm³/mol. The Hall–Kier alpha value is -2.37. The van der Waals surface area contributed by atoms with E-state index in [0.29, 0.717) is 11.3 Å². The van der Waals surface area contributed by atoms with Crippen molar-refractivity contribution in [2.75, 3.05) is 5.32 Å². The van der Waals surface area contributed by atoms with E-state index in [9.17, 15) is 14.4 Å². The average Bonchev–Trinajstić information content (AvgIpc) is 3.03. The number of carboxylic acid groups (broad SMARTS) is 1. The Balaban J connectivity index is 1.87. The summed E-state index contributed by atoms with van der Waals surface area (Å²) in [4.78, 5) is 35.3. The molecule has 6 heteroatoms. The third-order valence-corrected chi connectivity index (χ3v) is 4.36. The van der Waals surface area contributed by atoms with Crippen LogP contribution in [0, 0.1) is 12.8 Å². The van der Waals surface area contributed by atoms with Gasteiger partial charge < -0.3 is 15.7 Å². The van der Waals surface area contributed by atoms with E-state index >= 15 is 0 Å². The molecule has 130 valence electrons. The van der Waals surface area contributed by atoms with Gasteiger partial charge in [0, 0.05) is 24.1 Å². The van der Waals surface area contributed by atoms with E-state index in [1.165, 1.54) is 6.07 Å². The highest BCUT2D eigenvalue weighted by atomic mass is 16.4. The minimum absolute atomic E-state index is 0.0244. The number of amides is 2. The van der Waals surface area contributed by atoms with Crippen LogP contribution in [-0.2, 0) is 9.59 Å². The van der Waals surface area contributed by atoms with Crippen LogP contribution in [0.4, 0.5) is 5.69 Å². The van der Waals surface area contributed by atoms with Crippen molar-refractivity contribution in [2.45, 2.75) is 52.0 Å². The summed E-state index contributed by atoms with van der Waals surface area (Å²) in [7, 11) is 0. The number of nitrogens with one attached hydrogen (secondary N) is 2. The summed E-state index contributed by atoms with van der Waals surface area (Å²) in [6.07, 6.45) is 4.17. The molecule has 1 unspecified atom stereocenters. The number of carbonyl (C=O) groups excluding carboxylic acids is 2. The zero-order chi connectivity index (χ0) is 17.7. The lowest BCUT2D eigenvalue weighted by Gasteiger charge is -2.17. The van der Waals surface area contributed by atoms with Gasteiger partial charge in [-0.1, -0.05) is 18.9 Å². The fourth-order valence-corrected chi connectivity index (χ4v) is 3.02. The smallest absolute Gasteiger partial charge is 0.336 e. The predicted octanol–water partition coefficient (Wildman–Crippen LogP) is 2.72. The van der Waals surface area contributed by atoms with Crippen LogP contribution in [0.2, 0.25) is 0 Å². The maximum atomic E-state index is 12.1. The van der Waals surface area contributed by atoms with Gasteiger partial charge >= 0.3 is 5.97 Å². The van der Waals surface area contributed by atoms with Crippen molar-refractivity contribution in [3.63, 3.8) is 0 Å². The highest BCUT2D eigenvalue weighted by molar-refractivity contribution is 5.95. The second-order valence-corrected chi connectivity index (χ2v) is 6.48. The number of rotatable bonds is 6. The van der Waals surface area contributed by atoms with E-state index in [-0.39, 0.29) is 35.8 Å². The molecule has 0 aliphatic heterocycles. The average molecular weight is 332 g/mol. The fraction of sp³-hybridized carbons (Fsp3) is 0.500. The Morgan fingerprint density at radius 1 is 1.25 bits per heavy atom. The zero-order valence-corrected chi connectivity index (χ0v) is 14.1. The molecular formula is C18H24N2O4. The largest absolute Gasteiger partial charge is 0.478 e. The summed E-state index contributed by atoms with van der Waals surface area (Å²) >= 11 is 0. The molecule has 6 nitrogen and oxygen atoms in total. The Kier molecular flexibility index (Phi) is 5.95. The van der Waals surface area contributed by atoms with Gasteiger partial charge in [-0.2, -0.15) is 0 Å². The molecule has 2 rings (SSSR count). The number of anilines is 1. The lowest BCUT2D eigenvalue weighted by Crippen LogP contribution is -2.38. The van der Waals surface area contributed by atoms with Gasteiger partial charge in [-0.25, -0.2) is 4.79 Å². The molecular weight excluding hydrogens is 308 g/mol. The number of hydrogen-bond donors (Lipinski definition) is 3. The van der Waals surface area contributed by atoms with Gasteiger partial charge in [-0.05, 0) is 44.4 Å². The van der Waals surface area contributed by atoms with Crippen LogP contribution in [0.15, 0.2) is 18.2 Å². The molecule has 0 saturated heterocycles. The van der Waals surface area contributed by atoms with Crippen molar-refractivity contribution in [3.8, 4) is 0 Å². The maximum absolute atomic E-state index is 12.1. The van der Waals surface area contributed by atoms with E-state index in [1.807, 2.05) is 0 Å². The number of carboxylic acids is 1. The highest BCUT2D eigenvalue weighted by Gasteiger charge is 2.24. The molecule has 0 heterocycles. The molecule has 2 amide bonds. The Morgan fingerprint density at radius 3 is 2.54 bits per heavy atom. The molecule has 1 atom stereocenters. The number of carbonyl (C=O) groups is 3. The summed E-state index contributed by atoms with van der Waals surface area (Å²) in [5.74, 6) is -1.18. The van der Waals surface area contributed by atoms with Crippen molar-refractivity contribution < 1.29 is 19.5 Å². The first-order valence-corrected chi connectivity index (χ1v) is 8.31. The molecule has 1 aliphatic carbocycles. The summed E-state index contributed by atoms with van der Waals surface area (Å²) in [5, 5.41) is 14.7. The van der Waals surface area contributed by atoms with Gasteiger partial charge in [-0.15, -0.1) is 0 Å². The molecule has 1 saturated carbocycles. The molecule has 0 spiro atoms. The van der Waals surface area contributed by atoms with Crippen LogP contribution in [0.1, 0.15) is 54.9 Å². The normalized spacial score (nSPS) is 15.8. The Morgan fingerprint density at radius 2 is 1.92 bits per heavy atom. The van der Waals surface area contributed by atoms with Gasteiger partial charge in [0.2, 0.25) is 11.8 Å². The standard InChI is InChI=1S/C18H24N2O4/c1-11-7-8-14(10-15(11)18(23)24)20-16(21)9-12(2)19-17(22)13-5-3-4-6-13/h7-8,10,12-13H,3-6,9H2,1-2H3,(H,19,22)(H,20,21)(H,23,24). The van der Waals surface area contributed by atoms with Crippen LogP contribution >= 0.6 is 0 Å². The molecule has 1 aliphatic rings. The first-order valence-electron chi connectivity index (χ1n) is 8.31. The van der Waals surface area contributed by atoms with Crippen LogP contribution < -0.4 is 10.6 Å². The SMILES string of the molecule is Cc1ccc(NC(=O)CC(C)NC(=O)C2CCCC2)cc1C(=O)O. The third-order valence-electron chi connectivity index (χ3n) is 4.36. The number of hydrogen-bond acceptors (Lipinski definition) is 3. The van der Waals surface area contributed by atoms with E-state index in [2.05, 4.69) is 10.6 Å². The summed E-state index contributed by atoms with van der Waals surface area (Å²) in [6, 6.07) is 4.51. The van der Waals surface area contributed by atoms with Crippen LogP contribution in [-0.4, -0.2) is 28.9 Å². The van der Waals surface area contributed by atoms with E-state index in [0.717, 1.165) is 25.7 Å². The molecule has 0 radical (unpaired) electrons. The van der Waals surface area contributed by atoms with Crippen molar-refractivity contribution in [2.24, 2.45) is 5.92 Å². The van der Waals surface area contributed by atoms with Crippen LogP contribution in [0.5, 0.6) is 0 Å². The van der Waals surface area contributed by atoms with Gasteiger partial charge in [0.25, 0.3) is 0 Å². The van der Waals surface area contributed by atoms with Crippen molar-refractivity contribution in [3.05, 3.63) is 29.3 Å². The number of aromatic carboxylic acids is 1. The summed E-state index contributed by atoms with van der Waals surface area (Å²) in [6.45, 7) is 3.50. The van der Waals surface area contributed by atoms with E-state index < -0.39 is 5.97 Å². The first kappa shape index (κ1) is 18.0. The molecule has 0 aromatic heterocycles. The Labute approximate surface area is 141 Å². The van der Waals surface area contributed by atoms with E-state index in [4.69, 9.17) is 5.11 Å². The maximum Gasteiger partial charge on any atom is 0.336 e. The molecule has 1 aromatic rings. The molecule has 0 bridgehead atoms. The van der Waals surface area contributed by atoms with Gasteiger partial charge in [0.05, 0.1) is 5.56 Å². The quantitative estimate of drug-likeness (QED) is 0.746. The first-order chi connectivity index (χ1) is 11.4. The van der Waals surface area contributed by atoms with Gasteiger partial charge in [-0.3, -0.25) is 9.59 Å². The van der Waals surface area contributed by atoms with Gasteiger partial charge in [0.15, 0.2) is 0 Å². The fourth-order valence-electron chi connectivity index (χ4n) is 3.02. The monoisotopic (exact) mass is 332 g/mol. The third kappa shape index (κ3) is 4.81. The number of aryl methyl sites for hydroxylation is 1. The number of benzene rings is 1. The van der Waals surface area contributed by atoms with Crippen LogP contribution in [0.25, 0.3) is 0 Å². The summed E-state index contributed by atoms with van der Waals surface area (Å²) < 4.78 is 0. The molecule has 3 N–H and O–H groups in total.